The predicted molar refractivity (Wildman–Crippen MR) is 64.4 cm³/mol. The molecule has 94 valence electrons. The van der Waals surface area contributed by atoms with Crippen LogP contribution in [0.25, 0.3) is 0 Å². The number of morpholine rings is 1. The van der Waals surface area contributed by atoms with Crippen LogP contribution in [-0.4, -0.2) is 40.6 Å². The second kappa shape index (κ2) is 4.52. The molecular formula is C12H15N5O. The summed E-state index contributed by atoms with van der Waals surface area (Å²) in [6, 6.07) is 2.51. The van der Waals surface area contributed by atoms with E-state index in [-0.39, 0.29) is 11.9 Å². The normalized spacial score (nSPS) is 27.7. The molecule has 2 aliphatic heterocycles. The SMILES string of the molecule is N#Cc1cnc(C2CN3CCCC3CO2)nc1N. The molecule has 0 radical (unpaired) electrons. The molecule has 2 unspecified atom stereocenters. The highest BCUT2D eigenvalue weighted by atomic mass is 16.5. The fourth-order valence-electron chi connectivity index (χ4n) is 2.62. The van der Waals surface area contributed by atoms with Gasteiger partial charge in [-0.2, -0.15) is 5.26 Å². The minimum Gasteiger partial charge on any atom is -0.382 e. The van der Waals surface area contributed by atoms with Crippen molar-refractivity contribution in [1.29, 1.82) is 5.26 Å². The van der Waals surface area contributed by atoms with Crippen molar-refractivity contribution in [2.45, 2.75) is 25.0 Å². The van der Waals surface area contributed by atoms with E-state index in [1.54, 1.807) is 0 Å². The summed E-state index contributed by atoms with van der Waals surface area (Å²) in [7, 11) is 0. The molecule has 1 aromatic heterocycles. The van der Waals surface area contributed by atoms with Crippen LogP contribution in [0.5, 0.6) is 0 Å². The highest BCUT2D eigenvalue weighted by Gasteiger charge is 2.34. The molecule has 0 saturated carbocycles. The van der Waals surface area contributed by atoms with E-state index >= 15 is 0 Å². The van der Waals surface area contributed by atoms with Crippen LogP contribution in [-0.2, 0) is 4.74 Å². The van der Waals surface area contributed by atoms with Crippen LogP contribution in [0.1, 0.15) is 30.3 Å². The van der Waals surface area contributed by atoms with Gasteiger partial charge in [0, 0.05) is 12.6 Å². The third kappa shape index (κ3) is 1.92. The largest absolute Gasteiger partial charge is 0.382 e. The Hall–Kier alpha value is -1.71. The smallest absolute Gasteiger partial charge is 0.160 e. The number of nitriles is 1. The molecule has 18 heavy (non-hydrogen) atoms. The summed E-state index contributed by atoms with van der Waals surface area (Å²) in [6.45, 7) is 2.67. The van der Waals surface area contributed by atoms with Crippen LogP contribution in [0.4, 0.5) is 5.82 Å². The summed E-state index contributed by atoms with van der Waals surface area (Å²) in [6.07, 6.45) is 3.78. The fraction of sp³-hybridized carbons (Fsp3) is 0.583. The van der Waals surface area contributed by atoms with Gasteiger partial charge in [-0.15, -0.1) is 0 Å². The van der Waals surface area contributed by atoms with Crippen LogP contribution in [0, 0.1) is 11.3 Å². The molecule has 2 atom stereocenters. The van der Waals surface area contributed by atoms with Crippen molar-refractivity contribution in [3.8, 4) is 6.07 Å². The van der Waals surface area contributed by atoms with E-state index in [4.69, 9.17) is 15.7 Å². The molecule has 2 saturated heterocycles. The van der Waals surface area contributed by atoms with E-state index in [1.807, 2.05) is 6.07 Å². The van der Waals surface area contributed by atoms with Crippen LogP contribution in [0.2, 0.25) is 0 Å². The Labute approximate surface area is 105 Å². The van der Waals surface area contributed by atoms with Gasteiger partial charge in [0.2, 0.25) is 0 Å². The first-order chi connectivity index (χ1) is 8.78. The summed E-state index contributed by atoms with van der Waals surface area (Å²) in [4.78, 5) is 10.8. The maximum Gasteiger partial charge on any atom is 0.160 e. The number of hydrogen-bond donors (Lipinski definition) is 1. The summed E-state index contributed by atoms with van der Waals surface area (Å²) in [5, 5.41) is 8.79. The Kier molecular flexibility index (Phi) is 2.86. The topological polar surface area (TPSA) is 88.1 Å². The van der Waals surface area contributed by atoms with Gasteiger partial charge in [-0.1, -0.05) is 0 Å². The number of anilines is 1. The van der Waals surface area contributed by atoms with Gasteiger partial charge in [0.05, 0.1) is 12.8 Å². The van der Waals surface area contributed by atoms with E-state index in [0.29, 0.717) is 17.4 Å². The van der Waals surface area contributed by atoms with Crippen LogP contribution in [0.3, 0.4) is 0 Å². The molecular weight excluding hydrogens is 230 g/mol. The average Bonchev–Trinajstić information content (AvgIpc) is 2.85. The molecule has 3 heterocycles. The van der Waals surface area contributed by atoms with Gasteiger partial charge in [-0.25, -0.2) is 9.97 Å². The molecule has 6 heteroatoms. The molecule has 0 aromatic carbocycles. The van der Waals surface area contributed by atoms with Crippen molar-refractivity contribution in [2.75, 3.05) is 25.4 Å². The Morgan fingerprint density at radius 2 is 2.44 bits per heavy atom. The molecule has 0 aliphatic carbocycles. The minimum atomic E-state index is -0.130. The highest BCUT2D eigenvalue weighted by molar-refractivity contribution is 5.46. The lowest BCUT2D eigenvalue weighted by Crippen LogP contribution is -2.42. The van der Waals surface area contributed by atoms with Crippen molar-refractivity contribution in [1.82, 2.24) is 14.9 Å². The van der Waals surface area contributed by atoms with Crippen LogP contribution < -0.4 is 5.73 Å². The van der Waals surface area contributed by atoms with Crippen molar-refractivity contribution in [2.24, 2.45) is 0 Å². The van der Waals surface area contributed by atoms with Crippen molar-refractivity contribution in [3.63, 3.8) is 0 Å². The van der Waals surface area contributed by atoms with Gasteiger partial charge >= 0.3 is 0 Å². The Morgan fingerprint density at radius 1 is 1.56 bits per heavy atom. The Balaban J connectivity index is 1.79. The molecule has 3 rings (SSSR count). The van der Waals surface area contributed by atoms with E-state index in [0.717, 1.165) is 19.7 Å². The standard InChI is InChI=1S/C12H15N5O/c13-4-8-5-15-12(16-11(8)14)10-6-17-3-1-2-9(17)7-18-10/h5,9-10H,1-3,6-7H2,(H2,14,15,16). The first-order valence-corrected chi connectivity index (χ1v) is 6.16. The van der Waals surface area contributed by atoms with Crippen molar-refractivity contribution in [3.05, 3.63) is 17.6 Å². The fourth-order valence-corrected chi connectivity index (χ4v) is 2.62. The maximum absolute atomic E-state index is 8.79. The first-order valence-electron chi connectivity index (χ1n) is 6.16. The molecule has 0 amide bonds. The zero-order valence-corrected chi connectivity index (χ0v) is 10.0. The van der Waals surface area contributed by atoms with Gasteiger partial charge in [0.25, 0.3) is 0 Å². The number of nitrogens with zero attached hydrogens (tertiary/aromatic N) is 4. The Morgan fingerprint density at radius 3 is 3.22 bits per heavy atom. The highest BCUT2D eigenvalue weighted by Crippen LogP contribution is 2.28. The second-order valence-corrected chi connectivity index (χ2v) is 4.75. The van der Waals surface area contributed by atoms with E-state index in [2.05, 4.69) is 14.9 Å². The third-order valence-electron chi connectivity index (χ3n) is 3.63. The van der Waals surface area contributed by atoms with Gasteiger partial charge < -0.3 is 10.5 Å². The third-order valence-corrected chi connectivity index (χ3v) is 3.63. The maximum atomic E-state index is 8.79. The molecule has 0 bridgehead atoms. The summed E-state index contributed by atoms with van der Waals surface area (Å²) >= 11 is 0. The van der Waals surface area contributed by atoms with Crippen molar-refractivity contribution < 1.29 is 4.74 Å². The molecule has 2 fully saturated rings. The molecule has 1 aromatic rings. The molecule has 6 nitrogen and oxygen atoms in total. The number of aromatic nitrogens is 2. The zero-order chi connectivity index (χ0) is 12.5. The minimum absolute atomic E-state index is 0.130. The quantitative estimate of drug-likeness (QED) is 0.773. The van der Waals surface area contributed by atoms with Gasteiger partial charge in [-0.05, 0) is 19.4 Å². The molecule has 2 aliphatic rings. The second-order valence-electron chi connectivity index (χ2n) is 4.75. The predicted octanol–water partition coefficient (Wildman–Crippen LogP) is 0.466. The van der Waals surface area contributed by atoms with Crippen LogP contribution in [0.15, 0.2) is 6.20 Å². The van der Waals surface area contributed by atoms with E-state index in [1.165, 1.54) is 19.0 Å². The summed E-state index contributed by atoms with van der Waals surface area (Å²) in [5.74, 6) is 0.812. The van der Waals surface area contributed by atoms with Gasteiger partial charge in [-0.3, -0.25) is 4.90 Å². The lowest BCUT2D eigenvalue weighted by Gasteiger charge is -2.34. The Bertz CT molecular complexity index is 498. The number of fused-ring (bicyclic) bond motifs is 1. The van der Waals surface area contributed by atoms with E-state index in [9.17, 15) is 0 Å². The number of rotatable bonds is 1. The lowest BCUT2D eigenvalue weighted by molar-refractivity contribution is -0.0540. The number of ether oxygens (including phenoxy) is 1. The van der Waals surface area contributed by atoms with E-state index < -0.39 is 0 Å². The summed E-state index contributed by atoms with van der Waals surface area (Å²) in [5.41, 5.74) is 6.02. The van der Waals surface area contributed by atoms with Crippen molar-refractivity contribution >= 4 is 5.82 Å². The number of hydrogen-bond acceptors (Lipinski definition) is 6. The first kappa shape index (κ1) is 11.4. The lowest BCUT2D eigenvalue weighted by atomic mass is 10.2. The molecule has 0 spiro atoms. The molecule has 2 N–H and O–H groups in total. The number of nitrogens with two attached hydrogens (primary N) is 1. The van der Waals surface area contributed by atoms with Gasteiger partial charge in [0.1, 0.15) is 23.6 Å². The van der Waals surface area contributed by atoms with Gasteiger partial charge in [0.15, 0.2) is 5.82 Å². The average molecular weight is 245 g/mol. The monoisotopic (exact) mass is 245 g/mol. The zero-order valence-electron chi connectivity index (χ0n) is 10.0. The number of nitrogen functional groups attached to an aromatic ring is 1. The summed E-state index contributed by atoms with van der Waals surface area (Å²) < 4.78 is 5.80. The van der Waals surface area contributed by atoms with Crippen LogP contribution >= 0.6 is 0 Å².